The number of hydrogen-bond acceptors (Lipinski definition) is 3. The summed E-state index contributed by atoms with van der Waals surface area (Å²) in [4.78, 5) is 11.5. The molecule has 1 aromatic rings. The summed E-state index contributed by atoms with van der Waals surface area (Å²) in [5.41, 5.74) is 0.667. The van der Waals surface area contributed by atoms with Gasteiger partial charge < -0.3 is 10.6 Å². The molecule has 1 amide bonds. The Balaban J connectivity index is 2.71. The van der Waals surface area contributed by atoms with Crippen molar-refractivity contribution in [3.8, 4) is 6.07 Å². The Morgan fingerprint density at radius 3 is 2.70 bits per heavy atom. The van der Waals surface area contributed by atoms with Gasteiger partial charge in [-0.05, 0) is 25.1 Å². The average molecular weight is 350 g/mol. The molecule has 0 radical (unpaired) electrons. The Morgan fingerprint density at radius 2 is 2.15 bits per heavy atom. The average Bonchev–Trinajstić information content (AvgIpc) is 2.35. The van der Waals surface area contributed by atoms with E-state index in [-0.39, 0.29) is 0 Å². The van der Waals surface area contributed by atoms with Crippen LogP contribution in [0, 0.1) is 11.3 Å². The molecule has 2 N–H and O–H groups in total. The van der Waals surface area contributed by atoms with Gasteiger partial charge in [0.1, 0.15) is 18.7 Å². The number of anilines is 1. The smallest absolute Gasteiger partial charge is 0.373 e. The number of benzene rings is 1. The van der Waals surface area contributed by atoms with E-state index in [0.717, 1.165) is 0 Å². The van der Waals surface area contributed by atoms with Crippen molar-refractivity contribution >= 4 is 27.5 Å². The molecule has 0 heterocycles. The number of carbonyl (C=O) groups is 1. The Hall–Kier alpha value is -1.75. The SMILES string of the molecule is CC(Nc1cc(Br)ccc1C#N)C(=O)NCC(F)(F)F. The van der Waals surface area contributed by atoms with E-state index in [4.69, 9.17) is 5.26 Å². The van der Waals surface area contributed by atoms with Gasteiger partial charge in [-0.3, -0.25) is 4.79 Å². The number of carbonyl (C=O) groups excluding carboxylic acids is 1. The van der Waals surface area contributed by atoms with Crippen molar-refractivity contribution < 1.29 is 18.0 Å². The predicted molar refractivity (Wildman–Crippen MR) is 71.0 cm³/mol. The Bertz CT molecular complexity index is 540. The summed E-state index contributed by atoms with van der Waals surface area (Å²) in [5, 5.41) is 13.4. The molecule has 0 saturated carbocycles. The minimum Gasteiger partial charge on any atom is -0.373 e. The van der Waals surface area contributed by atoms with Gasteiger partial charge in [-0.1, -0.05) is 15.9 Å². The van der Waals surface area contributed by atoms with Crippen LogP contribution in [0.25, 0.3) is 0 Å². The van der Waals surface area contributed by atoms with E-state index in [1.54, 1.807) is 17.4 Å². The molecule has 0 aliphatic rings. The third-order valence-electron chi connectivity index (χ3n) is 2.33. The summed E-state index contributed by atoms with van der Waals surface area (Å²) in [7, 11) is 0. The van der Waals surface area contributed by atoms with Crippen molar-refractivity contribution in [3.63, 3.8) is 0 Å². The van der Waals surface area contributed by atoms with Crippen LogP contribution in [0.4, 0.5) is 18.9 Å². The lowest BCUT2D eigenvalue weighted by molar-refractivity contribution is -0.138. The molecule has 0 fully saturated rings. The predicted octanol–water partition coefficient (Wildman–Crippen LogP) is 2.80. The Morgan fingerprint density at radius 1 is 1.50 bits per heavy atom. The van der Waals surface area contributed by atoms with Gasteiger partial charge in [0.05, 0.1) is 11.3 Å². The Labute approximate surface area is 122 Å². The monoisotopic (exact) mass is 349 g/mol. The van der Waals surface area contributed by atoms with E-state index in [9.17, 15) is 18.0 Å². The summed E-state index contributed by atoms with van der Waals surface area (Å²) < 4.78 is 36.7. The molecule has 0 aliphatic heterocycles. The van der Waals surface area contributed by atoms with E-state index >= 15 is 0 Å². The molecule has 1 aromatic carbocycles. The normalized spacial score (nSPS) is 12.4. The number of nitrogens with one attached hydrogen (secondary N) is 2. The first kappa shape index (κ1) is 16.3. The van der Waals surface area contributed by atoms with Crippen molar-refractivity contribution in [2.45, 2.75) is 19.1 Å². The highest BCUT2D eigenvalue weighted by Gasteiger charge is 2.28. The van der Waals surface area contributed by atoms with Gasteiger partial charge in [-0.2, -0.15) is 18.4 Å². The van der Waals surface area contributed by atoms with Crippen LogP contribution in [0.2, 0.25) is 0 Å². The molecule has 0 aromatic heterocycles. The molecule has 1 rings (SSSR count). The first-order valence-corrected chi connectivity index (χ1v) is 6.33. The van der Waals surface area contributed by atoms with Gasteiger partial charge in [0.15, 0.2) is 0 Å². The zero-order chi connectivity index (χ0) is 15.3. The first-order valence-electron chi connectivity index (χ1n) is 5.53. The number of alkyl halides is 3. The molecular weight excluding hydrogens is 339 g/mol. The van der Waals surface area contributed by atoms with Crippen LogP contribution in [-0.4, -0.2) is 24.7 Å². The van der Waals surface area contributed by atoms with Crippen molar-refractivity contribution in [1.82, 2.24) is 5.32 Å². The highest BCUT2D eigenvalue weighted by molar-refractivity contribution is 9.10. The van der Waals surface area contributed by atoms with Gasteiger partial charge in [0, 0.05) is 4.47 Å². The highest BCUT2D eigenvalue weighted by atomic mass is 79.9. The van der Waals surface area contributed by atoms with E-state index in [2.05, 4.69) is 21.2 Å². The van der Waals surface area contributed by atoms with Gasteiger partial charge in [-0.25, -0.2) is 0 Å². The molecule has 0 aliphatic carbocycles. The van der Waals surface area contributed by atoms with Crippen LogP contribution < -0.4 is 10.6 Å². The number of hydrogen-bond donors (Lipinski definition) is 2. The van der Waals surface area contributed by atoms with Crippen molar-refractivity contribution in [2.24, 2.45) is 0 Å². The fraction of sp³-hybridized carbons (Fsp3) is 0.333. The molecule has 0 spiro atoms. The fourth-order valence-corrected chi connectivity index (χ4v) is 1.73. The van der Waals surface area contributed by atoms with Crippen molar-refractivity contribution in [2.75, 3.05) is 11.9 Å². The quantitative estimate of drug-likeness (QED) is 0.878. The standard InChI is InChI=1S/C12H11BrF3N3O/c1-7(11(20)18-6-12(14,15)16)19-10-4-9(13)3-2-8(10)5-17/h2-4,7,19H,6H2,1H3,(H,18,20). The summed E-state index contributed by atoms with van der Waals surface area (Å²) in [5.74, 6) is -0.800. The molecule has 1 atom stereocenters. The molecule has 0 bridgehead atoms. The fourth-order valence-electron chi connectivity index (χ4n) is 1.37. The van der Waals surface area contributed by atoms with Crippen molar-refractivity contribution in [1.29, 1.82) is 5.26 Å². The van der Waals surface area contributed by atoms with Crippen LogP contribution in [-0.2, 0) is 4.79 Å². The van der Waals surface area contributed by atoms with Crippen LogP contribution >= 0.6 is 15.9 Å². The third-order valence-corrected chi connectivity index (χ3v) is 2.82. The second kappa shape index (κ2) is 6.61. The maximum atomic E-state index is 12.0. The molecule has 1 unspecified atom stereocenters. The number of nitrogens with zero attached hydrogens (tertiary/aromatic N) is 1. The second-order valence-electron chi connectivity index (χ2n) is 4.00. The van der Waals surface area contributed by atoms with E-state index in [0.29, 0.717) is 15.7 Å². The molecule has 20 heavy (non-hydrogen) atoms. The largest absolute Gasteiger partial charge is 0.405 e. The lowest BCUT2D eigenvalue weighted by Gasteiger charge is -2.17. The van der Waals surface area contributed by atoms with Crippen LogP contribution in [0.3, 0.4) is 0 Å². The van der Waals surface area contributed by atoms with Crippen molar-refractivity contribution in [3.05, 3.63) is 28.2 Å². The maximum Gasteiger partial charge on any atom is 0.405 e. The molecule has 0 saturated heterocycles. The lowest BCUT2D eigenvalue weighted by atomic mass is 10.1. The number of rotatable bonds is 4. The van der Waals surface area contributed by atoms with Gasteiger partial charge in [0.2, 0.25) is 5.91 Å². The lowest BCUT2D eigenvalue weighted by Crippen LogP contribution is -2.42. The zero-order valence-corrected chi connectivity index (χ0v) is 12.0. The summed E-state index contributed by atoms with van der Waals surface area (Å²) in [6.07, 6.45) is -4.46. The number of halogens is 4. The number of amides is 1. The molecule has 4 nitrogen and oxygen atoms in total. The highest BCUT2D eigenvalue weighted by Crippen LogP contribution is 2.21. The Kier molecular flexibility index (Phi) is 5.39. The van der Waals surface area contributed by atoms with Crippen LogP contribution in [0.1, 0.15) is 12.5 Å². The second-order valence-corrected chi connectivity index (χ2v) is 4.92. The molecule has 8 heteroatoms. The maximum absolute atomic E-state index is 12.0. The van der Waals surface area contributed by atoms with E-state index in [1.165, 1.54) is 13.0 Å². The molecule has 108 valence electrons. The first-order chi connectivity index (χ1) is 9.23. The third kappa shape index (κ3) is 5.09. The van der Waals surface area contributed by atoms with Crippen LogP contribution in [0.5, 0.6) is 0 Å². The zero-order valence-electron chi connectivity index (χ0n) is 10.4. The summed E-state index contributed by atoms with van der Waals surface area (Å²) in [6.45, 7) is 0.0230. The van der Waals surface area contributed by atoms with E-state index in [1.807, 2.05) is 6.07 Å². The minimum atomic E-state index is -4.46. The minimum absolute atomic E-state index is 0.295. The molecular formula is C12H11BrF3N3O. The van der Waals surface area contributed by atoms with Gasteiger partial charge >= 0.3 is 6.18 Å². The summed E-state index contributed by atoms with van der Waals surface area (Å²) in [6, 6.07) is 5.79. The topological polar surface area (TPSA) is 64.9 Å². The van der Waals surface area contributed by atoms with E-state index < -0.39 is 24.7 Å². The number of nitriles is 1. The summed E-state index contributed by atoms with van der Waals surface area (Å²) >= 11 is 3.21. The van der Waals surface area contributed by atoms with Gasteiger partial charge in [-0.15, -0.1) is 0 Å². The van der Waals surface area contributed by atoms with Gasteiger partial charge in [0.25, 0.3) is 0 Å². The van der Waals surface area contributed by atoms with Crippen LogP contribution in [0.15, 0.2) is 22.7 Å².